The van der Waals surface area contributed by atoms with Crippen molar-refractivity contribution in [1.29, 1.82) is 0 Å². The average molecular weight is 350 g/mol. The van der Waals surface area contributed by atoms with Crippen molar-refractivity contribution >= 4 is 21.9 Å². The monoisotopic (exact) mass is 349 g/mol. The van der Waals surface area contributed by atoms with Gasteiger partial charge in [-0.2, -0.15) is 0 Å². The van der Waals surface area contributed by atoms with E-state index in [1.807, 2.05) is 19.9 Å². The molecule has 6 heteroatoms. The van der Waals surface area contributed by atoms with Gasteiger partial charge in [0.15, 0.2) is 5.82 Å². The van der Waals surface area contributed by atoms with Crippen molar-refractivity contribution in [1.82, 2.24) is 15.0 Å². The van der Waals surface area contributed by atoms with E-state index in [0.717, 1.165) is 27.0 Å². The molecule has 0 bridgehead atoms. The van der Waals surface area contributed by atoms with Gasteiger partial charge < -0.3 is 5.11 Å². The molecule has 0 radical (unpaired) electrons. The highest BCUT2D eigenvalue weighted by molar-refractivity contribution is 9.10. The van der Waals surface area contributed by atoms with Gasteiger partial charge in [-0.1, -0.05) is 13.8 Å². The van der Waals surface area contributed by atoms with Crippen LogP contribution < -0.4 is 0 Å². The summed E-state index contributed by atoms with van der Waals surface area (Å²) in [6, 6.07) is 1.90. The molecule has 0 aliphatic heterocycles. The second kappa shape index (κ2) is 6.76. The quantitative estimate of drug-likeness (QED) is 0.897. The smallest absolute Gasteiger partial charge is 0.307 e. The van der Waals surface area contributed by atoms with E-state index in [9.17, 15) is 4.79 Å². The fraction of sp³-hybridized carbons (Fsp3) is 0.333. The van der Waals surface area contributed by atoms with Gasteiger partial charge in [-0.25, -0.2) is 9.97 Å². The van der Waals surface area contributed by atoms with E-state index in [1.54, 1.807) is 12.4 Å². The molecule has 2 heterocycles. The molecule has 0 unspecified atom stereocenters. The molecule has 1 N–H and O–H groups in total. The molecule has 0 saturated heterocycles. The Hall–Kier alpha value is -1.82. The van der Waals surface area contributed by atoms with Crippen molar-refractivity contribution < 1.29 is 9.90 Å². The van der Waals surface area contributed by atoms with Crippen molar-refractivity contribution in [2.45, 2.75) is 33.1 Å². The highest BCUT2D eigenvalue weighted by atomic mass is 79.9. The molecule has 2 aromatic rings. The molecule has 0 spiro atoms. The van der Waals surface area contributed by atoms with Gasteiger partial charge in [0.2, 0.25) is 0 Å². The summed E-state index contributed by atoms with van der Waals surface area (Å²) in [5.74, 6) is -0.272. The SMILES string of the molecule is CCc1nc(-c2cncc(Br)c2)nc(CC)c1CC(=O)O. The maximum Gasteiger partial charge on any atom is 0.307 e. The first-order valence-electron chi connectivity index (χ1n) is 6.76. The van der Waals surface area contributed by atoms with Gasteiger partial charge in [-0.3, -0.25) is 9.78 Å². The highest BCUT2D eigenvalue weighted by Crippen LogP contribution is 2.22. The molecule has 5 nitrogen and oxygen atoms in total. The Morgan fingerprint density at radius 3 is 2.29 bits per heavy atom. The molecule has 110 valence electrons. The zero-order valence-corrected chi connectivity index (χ0v) is 13.5. The van der Waals surface area contributed by atoms with Crippen LogP contribution in [-0.2, 0) is 24.1 Å². The lowest BCUT2D eigenvalue weighted by Gasteiger charge is -2.12. The Bertz CT molecular complexity index is 649. The summed E-state index contributed by atoms with van der Waals surface area (Å²) in [6.07, 6.45) is 4.71. The lowest BCUT2D eigenvalue weighted by Crippen LogP contribution is -2.11. The van der Waals surface area contributed by atoms with Gasteiger partial charge >= 0.3 is 5.97 Å². The summed E-state index contributed by atoms with van der Waals surface area (Å²) in [5, 5.41) is 9.06. The van der Waals surface area contributed by atoms with Gasteiger partial charge in [-0.05, 0) is 34.8 Å². The first kappa shape index (κ1) is 15.6. The van der Waals surface area contributed by atoms with E-state index < -0.39 is 5.97 Å². The number of halogens is 1. The zero-order valence-electron chi connectivity index (χ0n) is 11.9. The van der Waals surface area contributed by atoms with Crippen LogP contribution in [0, 0.1) is 0 Å². The molecule has 0 aliphatic rings. The highest BCUT2D eigenvalue weighted by Gasteiger charge is 2.16. The summed E-state index contributed by atoms with van der Waals surface area (Å²) in [4.78, 5) is 24.2. The van der Waals surface area contributed by atoms with Crippen LogP contribution in [0.15, 0.2) is 22.9 Å². The van der Waals surface area contributed by atoms with Gasteiger partial charge in [0.05, 0.1) is 6.42 Å². The fourth-order valence-corrected chi connectivity index (χ4v) is 2.55. The number of carboxylic acid groups (broad SMARTS) is 1. The number of aryl methyl sites for hydroxylation is 2. The number of hydrogen-bond acceptors (Lipinski definition) is 4. The average Bonchev–Trinajstić information content (AvgIpc) is 2.46. The maximum atomic E-state index is 11.0. The maximum absolute atomic E-state index is 11.0. The van der Waals surface area contributed by atoms with Gasteiger partial charge in [0.1, 0.15) is 0 Å². The molecule has 21 heavy (non-hydrogen) atoms. The van der Waals surface area contributed by atoms with Crippen LogP contribution in [0.1, 0.15) is 30.8 Å². The minimum absolute atomic E-state index is 0.0383. The molecule has 0 aromatic carbocycles. The predicted molar refractivity (Wildman–Crippen MR) is 83.1 cm³/mol. The van der Waals surface area contributed by atoms with E-state index in [-0.39, 0.29) is 6.42 Å². The molecule has 0 fully saturated rings. The second-order valence-corrected chi connectivity index (χ2v) is 5.50. The molecule has 0 saturated carbocycles. The Morgan fingerprint density at radius 1 is 1.19 bits per heavy atom. The molecule has 0 amide bonds. The standard InChI is InChI=1S/C15H16BrN3O2/c1-3-12-11(6-14(20)21)13(4-2)19-15(18-12)9-5-10(16)8-17-7-9/h5,7-8H,3-4,6H2,1-2H3,(H,20,21). The Labute approximate surface area is 131 Å². The van der Waals surface area contributed by atoms with Crippen molar-refractivity contribution in [3.8, 4) is 11.4 Å². The Morgan fingerprint density at radius 2 is 1.81 bits per heavy atom. The van der Waals surface area contributed by atoms with Crippen molar-refractivity contribution in [2.24, 2.45) is 0 Å². The third-order valence-electron chi connectivity index (χ3n) is 3.14. The van der Waals surface area contributed by atoms with Crippen LogP contribution in [-0.4, -0.2) is 26.0 Å². The predicted octanol–water partition coefficient (Wildman–Crippen LogP) is 3.05. The molecule has 0 aliphatic carbocycles. The summed E-state index contributed by atoms with van der Waals surface area (Å²) < 4.78 is 0.856. The first-order chi connectivity index (χ1) is 10.0. The Balaban J connectivity index is 2.57. The van der Waals surface area contributed by atoms with Gasteiger partial charge in [0, 0.05) is 39.4 Å². The third kappa shape index (κ3) is 3.64. The number of aliphatic carboxylic acids is 1. The third-order valence-corrected chi connectivity index (χ3v) is 3.57. The minimum atomic E-state index is -0.861. The number of carbonyl (C=O) groups is 1. The summed E-state index contributed by atoms with van der Waals surface area (Å²) in [7, 11) is 0. The minimum Gasteiger partial charge on any atom is -0.481 e. The van der Waals surface area contributed by atoms with Crippen LogP contribution in [0.3, 0.4) is 0 Å². The number of hydrogen-bond donors (Lipinski definition) is 1. The van der Waals surface area contributed by atoms with Crippen LogP contribution in [0.4, 0.5) is 0 Å². The van der Waals surface area contributed by atoms with E-state index >= 15 is 0 Å². The molecule has 2 aromatic heterocycles. The van der Waals surface area contributed by atoms with E-state index in [2.05, 4.69) is 30.9 Å². The van der Waals surface area contributed by atoms with Gasteiger partial charge in [0.25, 0.3) is 0 Å². The van der Waals surface area contributed by atoms with Crippen LogP contribution in [0.25, 0.3) is 11.4 Å². The lowest BCUT2D eigenvalue weighted by molar-refractivity contribution is -0.136. The second-order valence-electron chi connectivity index (χ2n) is 4.59. The zero-order chi connectivity index (χ0) is 15.4. The molecule has 2 rings (SSSR count). The lowest BCUT2D eigenvalue weighted by atomic mass is 10.0. The number of rotatable bonds is 5. The summed E-state index contributed by atoms with van der Waals surface area (Å²) >= 11 is 3.38. The van der Waals surface area contributed by atoms with E-state index in [1.165, 1.54) is 0 Å². The summed E-state index contributed by atoms with van der Waals surface area (Å²) in [6.45, 7) is 3.94. The van der Waals surface area contributed by atoms with E-state index in [0.29, 0.717) is 18.7 Å². The normalized spacial score (nSPS) is 10.6. The van der Waals surface area contributed by atoms with E-state index in [4.69, 9.17) is 5.11 Å². The van der Waals surface area contributed by atoms with Gasteiger partial charge in [-0.15, -0.1) is 0 Å². The molecule has 0 atom stereocenters. The molecular weight excluding hydrogens is 334 g/mol. The number of aromatic nitrogens is 3. The number of pyridine rings is 1. The fourth-order valence-electron chi connectivity index (χ4n) is 2.19. The number of carboxylic acids is 1. The van der Waals surface area contributed by atoms with Crippen molar-refractivity contribution in [3.05, 3.63) is 39.9 Å². The topological polar surface area (TPSA) is 76.0 Å². The summed E-state index contributed by atoms with van der Waals surface area (Å²) in [5.41, 5.74) is 3.13. The number of nitrogens with zero attached hydrogens (tertiary/aromatic N) is 3. The van der Waals surface area contributed by atoms with Crippen LogP contribution in [0.2, 0.25) is 0 Å². The largest absolute Gasteiger partial charge is 0.481 e. The van der Waals surface area contributed by atoms with Crippen LogP contribution >= 0.6 is 15.9 Å². The first-order valence-corrected chi connectivity index (χ1v) is 7.55. The van der Waals surface area contributed by atoms with Crippen molar-refractivity contribution in [3.63, 3.8) is 0 Å². The Kier molecular flexibility index (Phi) is 5.01. The molecular formula is C15H16BrN3O2. The van der Waals surface area contributed by atoms with Crippen LogP contribution in [0.5, 0.6) is 0 Å². The van der Waals surface area contributed by atoms with Crippen molar-refractivity contribution in [2.75, 3.05) is 0 Å².